The molecule has 1 amide bonds. The summed E-state index contributed by atoms with van der Waals surface area (Å²) in [5.41, 5.74) is 12.2. The number of fused-ring (bicyclic) bond motifs is 2. The number of halogens is 2. The van der Waals surface area contributed by atoms with Crippen molar-refractivity contribution < 1.29 is 48.2 Å². The van der Waals surface area contributed by atoms with E-state index in [-0.39, 0.29) is 41.4 Å². The Bertz CT molecular complexity index is 1420. The lowest BCUT2D eigenvalue weighted by Gasteiger charge is -2.39. The van der Waals surface area contributed by atoms with E-state index in [1.165, 1.54) is 24.3 Å². The first-order valence-corrected chi connectivity index (χ1v) is 13.9. The first-order valence-electron chi connectivity index (χ1n) is 13.6. The van der Waals surface area contributed by atoms with E-state index < -0.39 is 0 Å². The molecule has 0 aromatic heterocycles. The van der Waals surface area contributed by atoms with E-state index in [0.29, 0.717) is 34.6 Å². The number of rotatable bonds is 6. The lowest BCUT2D eigenvalue weighted by atomic mass is 9.77. The molecule has 0 unspecified atom stereocenters. The van der Waals surface area contributed by atoms with E-state index in [4.69, 9.17) is 22.1 Å². The number of phenolic OH excluding ortho intramolecular Hbond substituents is 2. The number of benzene rings is 3. The summed E-state index contributed by atoms with van der Waals surface area (Å²) in [7, 11) is 7.89. The lowest BCUT2D eigenvalue weighted by molar-refractivity contribution is -0.887. The van der Waals surface area contributed by atoms with Gasteiger partial charge in [-0.3, -0.25) is 9.69 Å². The highest BCUT2D eigenvalue weighted by Gasteiger charge is 2.34. The number of nitrogens with one attached hydrogen (secondary N) is 1. The summed E-state index contributed by atoms with van der Waals surface area (Å²) in [6.45, 7) is 5.64. The van der Waals surface area contributed by atoms with E-state index >= 15 is 0 Å². The van der Waals surface area contributed by atoms with Crippen LogP contribution in [0, 0.1) is 0 Å². The number of amides is 1. The molecule has 3 aromatic carbocycles. The predicted octanol–water partition coefficient (Wildman–Crippen LogP) is 1.61. The van der Waals surface area contributed by atoms with E-state index in [2.05, 4.69) is 56.5 Å². The Kier molecular flexibility index (Phi) is 10.8. The third-order valence-electron chi connectivity index (χ3n) is 8.14. The summed E-state index contributed by atoms with van der Waals surface area (Å²) in [6, 6.07) is 13.3. The molecular weight excluding hydrogens is 655 g/mol. The summed E-state index contributed by atoms with van der Waals surface area (Å²) in [5, 5.41) is 23.3. The van der Waals surface area contributed by atoms with Crippen LogP contribution in [0.25, 0.3) is 11.1 Å². The third kappa shape index (κ3) is 7.02. The minimum atomic E-state index is -0.208. The van der Waals surface area contributed by atoms with Gasteiger partial charge in [-0.05, 0) is 61.2 Å². The summed E-state index contributed by atoms with van der Waals surface area (Å²) in [4.78, 5) is 14.6. The monoisotopic (exact) mass is 694 g/mol. The molecule has 5 N–H and O–H groups in total. The molecule has 1 atom stereocenters. The molecule has 3 aromatic rings. The van der Waals surface area contributed by atoms with Gasteiger partial charge < -0.3 is 54.5 Å². The van der Waals surface area contributed by atoms with Gasteiger partial charge in [0.15, 0.2) is 11.5 Å². The lowest BCUT2D eigenvalue weighted by Crippen LogP contribution is -3.00. The zero-order chi connectivity index (χ0) is 29.2. The van der Waals surface area contributed by atoms with Gasteiger partial charge in [0.05, 0.1) is 57.1 Å². The Morgan fingerprint density at radius 2 is 1.93 bits per heavy atom. The first kappa shape index (κ1) is 32.8. The maximum absolute atomic E-state index is 12.2. The van der Waals surface area contributed by atoms with Gasteiger partial charge in [0.2, 0.25) is 0 Å². The fourth-order valence-corrected chi connectivity index (χ4v) is 5.48. The van der Waals surface area contributed by atoms with Crippen molar-refractivity contribution in [1.82, 2.24) is 10.2 Å². The number of quaternary nitrogens is 1. The van der Waals surface area contributed by atoms with Crippen LogP contribution in [-0.2, 0) is 12.8 Å². The van der Waals surface area contributed by atoms with Crippen molar-refractivity contribution in [2.75, 3.05) is 60.2 Å². The van der Waals surface area contributed by atoms with Crippen molar-refractivity contribution in [2.45, 2.75) is 25.8 Å². The van der Waals surface area contributed by atoms with Crippen LogP contribution < -0.4 is 39.8 Å². The van der Waals surface area contributed by atoms with Gasteiger partial charge in [0.25, 0.3) is 5.91 Å². The van der Waals surface area contributed by atoms with Gasteiger partial charge in [-0.2, -0.15) is 0 Å². The molecule has 41 heavy (non-hydrogen) atoms. The molecule has 222 valence electrons. The highest BCUT2D eigenvalue weighted by Crippen LogP contribution is 2.49. The summed E-state index contributed by atoms with van der Waals surface area (Å²) in [6.07, 6.45) is 1.94. The van der Waals surface area contributed by atoms with Crippen LogP contribution in [0.2, 0.25) is 5.02 Å². The largest absolute Gasteiger partial charge is 1.00 e. The third-order valence-corrected chi connectivity index (χ3v) is 8.47. The second kappa shape index (κ2) is 13.5. The second-order valence-electron chi connectivity index (χ2n) is 11.1. The molecule has 0 spiro atoms. The number of anilines is 1. The average molecular weight is 695 g/mol. The van der Waals surface area contributed by atoms with Gasteiger partial charge in [-0.1, -0.05) is 35.9 Å². The van der Waals surface area contributed by atoms with Crippen molar-refractivity contribution in [3.8, 4) is 28.4 Å². The molecule has 0 bridgehead atoms. The molecule has 1 aliphatic carbocycles. The molecule has 2 aliphatic rings. The molecule has 0 fully saturated rings. The van der Waals surface area contributed by atoms with Crippen LogP contribution in [0.5, 0.6) is 17.2 Å². The minimum absolute atomic E-state index is 0. The highest BCUT2D eigenvalue weighted by molar-refractivity contribution is 6.33. The molecule has 5 rings (SSSR count). The number of aromatic hydroxyl groups is 2. The predicted molar refractivity (Wildman–Crippen MR) is 160 cm³/mol. The topological polar surface area (TPSA) is 108 Å². The molecule has 0 radical (unpaired) electrons. The normalized spacial score (nSPS) is 15.4. The summed E-state index contributed by atoms with van der Waals surface area (Å²) in [5.74, 6) is 0.194. The van der Waals surface area contributed by atoms with Gasteiger partial charge in [-0.15, -0.1) is 0 Å². The zero-order valence-corrected chi connectivity index (χ0v) is 27.2. The van der Waals surface area contributed by atoms with Gasteiger partial charge >= 0.3 is 0 Å². The highest BCUT2D eigenvalue weighted by atomic mass is 127. The Labute approximate surface area is 264 Å². The van der Waals surface area contributed by atoms with Crippen molar-refractivity contribution in [1.29, 1.82) is 0 Å². The molecule has 0 saturated heterocycles. The fraction of sp³-hybridized carbons (Fsp3) is 0.387. The van der Waals surface area contributed by atoms with Gasteiger partial charge in [0, 0.05) is 24.2 Å². The van der Waals surface area contributed by atoms with E-state index in [9.17, 15) is 15.0 Å². The molecule has 8 nitrogen and oxygen atoms in total. The molecule has 1 aliphatic heterocycles. The smallest absolute Gasteiger partial charge is 0.255 e. The molecular formula is C31H40ClIN4O4. The summed E-state index contributed by atoms with van der Waals surface area (Å²) >= 11 is 5.95. The Morgan fingerprint density at radius 3 is 2.61 bits per heavy atom. The average Bonchev–Trinajstić information content (AvgIpc) is 2.94. The number of ether oxygens (including phenoxy) is 1. The van der Waals surface area contributed by atoms with Crippen molar-refractivity contribution in [3.63, 3.8) is 0 Å². The number of hydrogen-bond acceptors (Lipinski definition) is 6. The van der Waals surface area contributed by atoms with Crippen LogP contribution in [0.3, 0.4) is 0 Å². The Morgan fingerprint density at radius 1 is 1.20 bits per heavy atom. The van der Waals surface area contributed by atoms with Crippen LogP contribution in [0.1, 0.15) is 40.0 Å². The summed E-state index contributed by atoms with van der Waals surface area (Å²) < 4.78 is 6.01. The van der Waals surface area contributed by atoms with Gasteiger partial charge in [-0.25, -0.2) is 0 Å². The van der Waals surface area contributed by atoms with E-state index in [1.54, 1.807) is 12.1 Å². The number of carbonyl (C=O) groups is 1. The van der Waals surface area contributed by atoms with Crippen LogP contribution in [0.15, 0.2) is 42.5 Å². The van der Waals surface area contributed by atoms with Crippen molar-refractivity contribution >= 4 is 23.2 Å². The number of carbonyl (C=O) groups excluding carboxylic acids is 1. The van der Waals surface area contributed by atoms with Gasteiger partial charge in [0.1, 0.15) is 5.75 Å². The maximum Gasteiger partial charge on any atom is 0.255 e. The number of nitrogen functional groups attached to an aromatic ring is 1. The number of nitrogens with zero attached hydrogens (tertiary/aromatic N) is 2. The molecule has 10 heteroatoms. The van der Waals surface area contributed by atoms with Crippen LogP contribution >= 0.6 is 11.6 Å². The first-order chi connectivity index (χ1) is 19.0. The maximum atomic E-state index is 12.2. The fourth-order valence-electron chi connectivity index (χ4n) is 5.32. The SMILES string of the molecule is CC[N+](C)(C)CCNC(=O)c1cc(Cl)c(N)cc1OC.CN1CCc2cccc3c2[C@H]1Cc1ccc(O)c(O)c1-3.[I-]. The van der Waals surface area contributed by atoms with E-state index in [1.807, 2.05) is 6.07 Å². The zero-order valence-electron chi connectivity index (χ0n) is 24.3. The Hall–Kier alpha value is -2.73. The number of likely N-dealkylation sites (N-methyl/N-ethyl adjacent to an activating group) is 2. The number of methoxy groups -OCH3 is 1. The van der Waals surface area contributed by atoms with Crippen LogP contribution in [-0.4, -0.2) is 79.9 Å². The molecule has 1 heterocycles. The second-order valence-corrected chi connectivity index (χ2v) is 11.5. The number of hydrogen-bond donors (Lipinski definition) is 4. The van der Waals surface area contributed by atoms with Crippen LogP contribution in [0.4, 0.5) is 5.69 Å². The standard InChI is InChI=1S/C17H17NO2.C14H22ClN3O2.HI/c1-18-8-7-10-3-2-4-12-15(10)13(18)9-11-5-6-14(19)17(20)16(11)12;1-5-18(2,3)7-6-17-14(19)10-8-11(15)12(16)9-13(10)20-4;/h2-6,13,19-20H,7-9H2,1H3;8-9H,5-7H2,1-4H3,(H2-,16,17,19);1H/t13-;;/m1../s1. The number of phenols is 2. The van der Waals surface area contributed by atoms with E-state index in [0.717, 1.165) is 53.6 Å². The Balaban J connectivity index is 0.000000220. The molecule has 0 saturated carbocycles. The van der Waals surface area contributed by atoms with Crippen molar-refractivity contribution in [2.24, 2.45) is 0 Å². The van der Waals surface area contributed by atoms with Crippen molar-refractivity contribution in [3.05, 3.63) is 69.7 Å². The minimum Gasteiger partial charge on any atom is -1.00 e. The number of nitrogens with two attached hydrogens (primary N) is 1. The quantitative estimate of drug-likeness (QED) is 0.135.